The predicted molar refractivity (Wildman–Crippen MR) is 53.4 cm³/mol. The molecule has 1 aliphatic heterocycles. The topological polar surface area (TPSA) is 16.1 Å². The minimum Gasteiger partial charge on any atom is -0.297 e. The monoisotopic (exact) mass is 182 g/mol. The minimum atomic E-state index is -2.53. The van der Waals surface area contributed by atoms with Crippen LogP contribution in [0.15, 0.2) is 24.5 Å². The summed E-state index contributed by atoms with van der Waals surface area (Å²) in [7, 11) is 0. The average Bonchev–Trinajstić information content (AvgIpc) is 2.45. The van der Waals surface area contributed by atoms with E-state index in [-0.39, 0.29) is 6.42 Å². The third-order valence-corrected chi connectivity index (χ3v) is 2.29. The Kier molecular flexibility index (Phi) is 1.09. The van der Waals surface area contributed by atoms with Crippen LogP contribution in [0.1, 0.15) is 39.5 Å². The van der Waals surface area contributed by atoms with Gasteiger partial charge in [0.1, 0.15) is 0 Å². The Morgan fingerprint density at radius 3 is 3.46 bits per heavy atom. The van der Waals surface area contributed by atoms with E-state index in [1.54, 1.807) is 18.3 Å². The molecule has 1 aliphatic rings. The van der Waals surface area contributed by atoms with Crippen molar-refractivity contribution in [1.82, 2.24) is 9.88 Å². The first kappa shape index (κ1) is 4.09. The van der Waals surface area contributed by atoms with Crippen molar-refractivity contribution in [3.8, 4) is 0 Å². The molecule has 0 N–H and O–H groups in total. The third kappa shape index (κ3) is 1.59. The van der Waals surface area contributed by atoms with E-state index < -0.39 is 25.4 Å². The van der Waals surface area contributed by atoms with E-state index in [9.17, 15) is 0 Å². The van der Waals surface area contributed by atoms with Crippen LogP contribution in [0.2, 0.25) is 0 Å². The summed E-state index contributed by atoms with van der Waals surface area (Å²) in [5.74, 6) is 0. The Bertz CT molecular complexity index is 456. The summed E-state index contributed by atoms with van der Waals surface area (Å²) in [6, 6.07) is 0.924. The van der Waals surface area contributed by atoms with Gasteiger partial charge in [-0.25, -0.2) is 0 Å². The summed E-state index contributed by atoms with van der Waals surface area (Å²) in [6.45, 7) is -1.21. The normalized spacial score (nSPS) is 46.7. The van der Waals surface area contributed by atoms with Crippen molar-refractivity contribution in [3.05, 3.63) is 30.1 Å². The quantitative estimate of drug-likeness (QED) is 0.662. The lowest BCUT2D eigenvalue weighted by molar-refractivity contribution is 0.256. The van der Waals surface area contributed by atoms with Crippen LogP contribution < -0.4 is 0 Å². The molecule has 2 atom stereocenters. The zero-order valence-electron chi connectivity index (χ0n) is 13.5. The number of aromatic nitrogens is 1. The van der Waals surface area contributed by atoms with Gasteiger partial charge in [0.05, 0.1) is 0 Å². The highest BCUT2D eigenvalue weighted by molar-refractivity contribution is 5.15. The van der Waals surface area contributed by atoms with Crippen molar-refractivity contribution in [3.63, 3.8) is 0 Å². The molecule has 2 nitrogen and oxygen atoms in total. The molecule has 2 heterocycles. The SMILES string of the molecule is [2H]C([2H])([2H])N1[C@H](c2cccnc2)CC([2H])([2H])C1([2H])C. The van der Waals surface area contributed by atoms with Crippen molar-refractivity contribution in [1.29, 1.82) is 0 Å². The molecule has 0 aromatic carbocycles. The average molecular weight is 182 g/mol. The second-order valence-corrected chi connectivity index (χ2v) is 3.14. The molecule has 1 unspecified atom stereocenters. The minimum absolute atomic E-state index is 0.0307. The largest absolute Gasteiger partial charge is 0.297 e. The van der Waals surface area contributed by atoms with E-state index in [2.05, 4.69) is 4.98 Å². The molecule has 2 heteroatoms. The van der Waals surface area contributed by atoms with Gasteiger partial charge in [-0.2, -0.15) is 0 Å². The Labute approximate surface area is 88.0 Å². The Balaban J connectivity index is 2.50. The molecule has 70 valence electrons. The van der Waals surface area contributed by atoms with Crippen LogP contribution in [-0.4, -0.2) is 22.9 Å². The van der Waals surface area contributed by atoms with Crippen molar-refractivity contribution in [2.45, 2.75) is 31.8 Å². The van der Waals surface area contributed by atoms with Crippen LogP contribution in [0.3, 0.4) is 0 Å². The van der Waals surface area contributed by atoms with Gasteiger partial charge in [-0.1, -0.05) is 6.07 Å². The maximum Gasteiger partial charge on any atom is 0.0464 e. The lowest BCUT2D eigenvalue weighted by Crippen LogP contribution is -2.24. The van der Waals surface area contributed by atoms with Gasteiger partial charge < -0.3 is 0 Å². The van der Waals surface area contributed by atoms with E-state index in [1.807, 2.05) is 0 Å². The summed E-state index contributed by atoms with van der Waals surface area (Å²) in [5.41, 5.74) is 0.624. The molecule has 0 bridgehead atoms. The second-order valence-electron chi connectivity index (χ2n) is 3.14. The van der Waals surface area contributed by atoms with E-state index in [0.29, 0.717) is 5.56 Å². The lowest BCUT2D eigenvalue weighted by atomic mass is 10.1. The Morgan fingerprint density at radius 1 is 1.85 bits per heavy atom. The van der Waals surface area contributed by atoms with E-state index in [0.717, 1.165) is 4.90 Å². The van der Waals surface area contributed by atoms with Crippen LogP contribution >= 0.6 is 0 Å². The number of likely N-dealkylation sites (tertiary alicyclic amines) is 1. The van der Waals surface area contributed by atoms with Crippen LogP contribution in [0.25, 0.3) is 0 Å². The molecule has 0 spiro atoms. The molecule has 1 fully saturated rings. The fourth-order valence-electron chi connectivity index (χ4n) is 1.49. The Hall–Kier alpha value is -0.890. The highest BCUT2D eigenvalue weighted by Gasteiger charge is 2.28. The van der Waals surface area contributed by atoms with E-state index in [1.165, 1.54) is 13.1 Å². The molecular weight excluding hydrogens is 160 g/mol. The third-order valence-electron chi connectivity index (χ3n) is 2.29. The molecule has 0 radical (unpaired) electrons. The maximum atomic E-state index is 8.15. The standard InChI is InChI=1S/C11H16N2/c1-9-5-6-11(13(9)2)10-4-3-7-12-8-10/h3-4,7-9,11H,5-6H2,1-2H3/t9?,11-/m0/s1/i2D3,5D2,9D. The van der Waals surface area contributed by atoms with Gasteiger partial charge in [0.15, 0.2) is 0 Å². The van der Waals surface area contributed by atoms with Crippen LogP contribution in [-0.2, 0) is 0 Å². The molecule has 0 saturated carbocycles. The van der Waals surface area contributed by atoms with E-state index >= 15 is 0 Å². The molecule has 0 aliphatic carbocycles. The molecule has 13 heavy (non-hydrogen) atoms. The van der Waals surface area contributed by atoms with Gasteiger partial charge in [0, 0.05) is 32.7 Å². The predicted octanol–water partition coefficient (Wildman–Crippen LogP) is 2.24. The van der Waals surface area contributed by atoms with Crippen LogP contribution in [0, 0.1) is 0 Å². The number of pyridine rings is 1. The van der Waals surface area contributed by atoms with Gasteiger partial charge in [-0.15, -0.1) is 0 Å². The lowest BCUT2D eigenvalue weighted by Gasteiger charge is -2.23. The Morgan fingerprint density at radius 2 is 2.77 bits per heavy atom. The fourth-order valence-corrected chi connectivity index (χ4v) is 1.49. The van der Waals surface area contributed by atoms with E-state index in [4.69, 9.17) is 8.22 Å². The van der Waals surface area contributed by atoms with Gasteiger partial charge >= 0.3 is 0 Å². The first-order chi connectivity index (χ1) is 8.57. The van der Waals surface area contributed by atoms with Crippen molar-refractivity contribution >= 4 is 0 Å². The fraction of sp³-hybridized carbons (Fsp3) is 0.545. The van der Waals surface area contributed by atoms with Crippen LogP contribution in [0.5, 0.6) is 0 Å². The molecule has 1 aromatic rings. The van der Waals surface area contributed by atoms with Crippen LogP contribution in [0.4, 0.5) is 0 Å². The summed E-state index contributed by atoms with van der Waals surface area (Å²) >= 11 is 0. The summed E-state index contributed by atoms with van der Waals surface area (Å²) in [6.07, 6.45) is 1.17. The first-order valence-electron chi connectivity index (χ1n) is 7.27. The van der Waals surface area contributed by atoms with Crippen molar-refractivity contribution < 1.29 is 8.22 Å². The molecular formula is C11H16N2. The molecule has 2 rings (SSSR count). The van der Waals surface area contributed by atoms with Gasteiger partial charge in [-0.3, -0.25) is 9.88 Å². The second kappa shape index (κ2) is 3.46. The number of hydrogen-bond acceptors (Lipinski definition) is 2. The number of hydrogen-bond donors (Lipinski definition) is 0. The van der Waals surface area contributed by atoms with Crippen molar-refractivity contribution in [2.24, 2.45) is 0 Å². The zero-order chi connectivity index (χ0) is 14.5. The van der Waals surface area contributed by atoms with Crippen molar-refractivity contribution in [2.75, 3.05) is 6.98 Å². The highest BCUT2D eigenvalue weighted by Crippen LogP contribution is 2.33. The number of rotatable bonds is 1. The molecule has 1 saturated heterocycles. The summed E-state index contributed by atoms with van der Waals surface area (Å²) in [4.78, 5) is 4.92. The summed E-state index contributed by atoms with van der Waals surface area (Å²) in [5, 5.41) is 0. The first-order valence-corrected chi connectivity index (χ1v) is 4.27. The smallest absolute Gasteiger partial charge is 0.0464 e. The maximum absolute atomic E-state index is 8.15. The van der Waals surface area contributed by atoms with Gasteiger partial charge in [0.2, 0.25) is 0 Å². The summed E-state index contributed by atoms with van der Waals surface area (Å²) < 4.78 is 46.8. The zero-order valence-corrected chi connectivity index (χ0v) is 7.49. The van der Waals surface area contributed by atoms with Gasteiger partial charge in [-0.05, 0) is 38.3 Å². The molecule has 0 amide bonds. The highest BCUT2D eigenvalue weighted by atomic mass is 15.2. The molecule has 1 aromatic heterocycles. The van der Waals surface area contributed by atoms with Gasteiger partial charge in [0.25, 0.3) is 0 Å². The number of nitrogens with zero attached hydrogens (tertiary/aromatic N) is 2.